The lowest BCUT2D eigenvalue weighted by atomic mass is 10.0. The minimum atomic E-state index is -0.272. The lowest BCUT2D eigenvalue weighted by molar-refractivity contribution is 0.0736. The highest BCUT2D eigenvalue weighted by Gasteiger charge is 2.33. The molecule has 138 valence electrons. The van der Waals surface area contributed by atoms with Gasteiger partial charge in [-0.2, -0.15) is 0 Å². The van der Waals surface area contributed by atoms with Crippen molar-refractivity contribution in [3.8, 4) is 0 Å². The average Bonchev–Trinajstić information content (AvgIpc) is 3.04. The number of carbonyl (C=O) groups excluding carboxylic acids is 2. The fourth-order valence-electron chi connectivity index (χ4n) is 3.30. The molecule has 0 unspecified atom stereocenters. The van der Waals surface area contributed by atoms with Crippen LogP contribution in [0.15, 0.2) is 30.3 Å². The molecule has 0 radical (unpaired) electrons. The van der Waals surface area contributed by atoms with Crippen molar-refractivity contribution >= 4 is 11.8 Å². The molecule has 0 spiro atoms. The van der Waals surface area contributed by atoms with Crippen molar-refractivity contribution in [3.05, 3.63) is 47.3 Å². The van der Waals surface area contributed by atoms with Crippen molar-refractivity contribution in [2.75, 3.05) is 6.54 Å². The van der Waals surface area contributed by atoms with Gasteiger partial charge in [-0.3, -0.25) is 9.59 Å². The first-order valence-corrected chi connectivity index (χ1v) is 9.07. The molecule has 0 aliphatic carbocycles. The molecule has 1 aromatic heterocycles. The molecule has 0 saturated heterocycles. The van der Waals surface area contributed by atoms with Gasteiger partial charge in [-0.15, -0.1) is 5.10 Å². The number of carbonyl (C=O) groups is 2. The van der Waals surface area contributed by atoms with Gasteiger partial charge in [-0.1, -0.05) is 49.4 Å². The fourth-order valence-corrected chi connectivity index (χ4v) is 3.30. The van der Waals surface area contributed by atoms with Gasteiger partial charge in [-0.05, 0) is 24.8 Å². The molecule has 2 amide bonds. The number of rotatable bonds is 6. The van der Waals surface area contributed by atoms with Gasteiger partial charge in [0.1, 0.15) is 0 Å². The molecule has 1 aliphatic rings. The van der Waals surface area contributed by atoms with Crippen molar-refractivity contribution in [2.45, 2.75) is 46.3 Å². The van der Waals surface area contributed by atoms with E-state index in [9.17, 15) is 9.59 Å². The van der Waals surface area contributed by atoms with Crippen LogP contribution in [0.2, 0.25) is 0 Å². The standard InChI is InChI=1S/C19H25N5O2/c1-4-23(11-14-8-6-5-7-9-14)19(26)16-17-18(25)20-15(10-13(2)3)12-24(17)22-21-16/h5-9,13,15H,4,10-12H2,1-3H3,(H,20,25)/t15-/m0/s1. The summed E-state index contributed by atoms with van der Waals surface area (Å²) >= 11 is 0. The SMILES string of the molecule is CCN(Cc1ccccc1)C(=O)c1nnn2c1C(=O)N[C@@H](CC(C)C)C2. The Morgan fingerprint density at radius 1 is 1.35 bits per heavy atom. The highest BCUT2D eigenvalue weighted by atomic mass is 16.2. The Hall–Kier alpha value is -2.70. The summed E-state index contributed by atoms with van der Waals surface area (Å²) in [6, 6.07) is 9.78. The van der Waals surface area contributed by atoms with Gasteiger partial charge in [0.25, 0.3) is 11.8 Å². The van der Waals surface area contributed by atoms with Crippen molar-refractivity contribution < 1.29 is 9.59 Å². The maximum Gasteiger partial charge on any atom is 0.277 e. The third-order valence-corrected chi connectivity index (χ3v) is 4.52. The summed E-state index contributed by atoms with van der Waals surface area (Å²) in [5, 5.41) is 11.1. The average molecular weight is 355 g/mol. The van der Waals surface area contributed by atoms with Crippen LogP contribution in [-0.4, -0.2) is 44.3 Å². The molecule has 1 aromatic carbocycles. The van der Waals surface area contributed by atoms with Gasteiger partial charge in [0.2, 0.25) is 0 Å². The molecule has 0 saturated carbocycles. The monoisotopic (exact) mass is 355 g/mol. The van der Waals surface area contributed by atoms with E-state index in [1.54, 1.807) is 9.58 Å². The summed E-state index contributed by atoms with van der Waals surface area (Å²) in [5.41, 5.74) is 1.43. The molecule has 26 heavy (non-hydrogen) atoms. The van der Waals surface area contributed by atoms with Crippen LogP contribution in [0.1, 0.15) is 53.7 Å². The van der Waals surface area contributed by atoms with Crippen molar-refractivity contribution in [3.63, 3.8) is 0 Å². The number of benzene rings is 1. The zero-order valence-corrected chi connectivity index (χ0v) is 15.5. The van der Waals surface area contributed by atoms with Crippen LogP contribution in [0.3, 0.4) is 0 Å². The minimum Gasteiger partial charge on any atom is -0.346 e. The van der Waals surface area contributed by atoms with E-state index in [1.165, 1.54) is 0 Å². The van der Waals surface area contributed by atoms with Crippen LogP contribution >= 0.6 is 0 Å². The number of aromatic nitrogens is 3. The quantitative estimate of drug-likeness (QED) is 0.860. The van der Waals surface area contributed by atoms with E-state index >= 15 is 0 Å². The molecule has 3 rings (SSSR count). The molecule has 1 N–H and O–H groups in total. The maximum atomic E-state index is 12.9. The summed E-state index contributed by atoms with van der Waals surface area (Å²) in [6.07, 6.45) is 0.864. The topological polar surface area (TPSA) is 80.1 Å². The predicted octanol–water partition coefficient (Wildman–Crippen LogP) is 2.10. The lowest BCUT2D eigenvalue weighted by Crippen LogP contribution is -2.46. The van der Waals surface area contributed by atoms with Crippen LogP contribution in [0.25, 0.3) is 0 Å². The molecular formula is C19H25N5O2. The van der Waals surface area contributed by atoms with Crippen LogP contribution in [0.4, 0.5) is 0 Å². The van der Waals surface area contributed by atoms with E-state index in [0.29, 0.717) is 25.6 Å². The molecule has 7 nitrogen and oxygen atoms in total. The van der Waals surface area contributed by atoms with Crippen LogP contribution in [0, 0.1) is 5.92 Å². The van der Waals surface area contributed by atoms with Gasteiger partial charge in [0, 0.05) is 19.1 Å². The molecular weight excluding hydrogens is 330 g/mol. The lowest BCUT2D eigenvalue weighted by Gasteiger charge is -2.26. The Morgan fingerprint density at radius 3 is 2.73 bits per heavy atom. The second-order valence-electron chi connectivity index (χ2n) is 7.07. The molecule has 7 heteroatoms. The van der Waals surface area contributed by atoms with Crippen molar-refractivity contribution in [2.24, 2.45) is 5.92 Å². The Morgan fingerprint density at radius 2 is 2.08 bits per heavy atom. The number of hydrogen-bond acceptors (Lipinski definition) is 4. The highest BCUT2D eigenvalue weighted by Crippen LogP contribution is 2.18. The number of nitrogens with one attached hydrogen (secondary N) is 1. The number of amides is 2. The summed E-state index contributed by atoms with van der Waals surface area (Å²) in [5.74, 6) is -0.0750. The van der Waals surface area contributed by atoms with Crippen LogP contribution < -0.4 is 5.32 Å². The molecule has 0 fully saturated rings. The fraction of sp³-hybridized carbons (Fsp3) is 0.474. The largest absolute Gasteiger partial charge is 0.346 e. The van der Waals surface area contributed by atoms with Crippen LogP contribution in [0.5, 0.6) is 0 Å². The highest BCUT2D eigenvalue weighted by molar-refractivity contribution is 6.05. The van der Waals surface area contributed by atoms with E-state index in [1.807, 2.05) is 37.3 Å². The van der Waals surface area contributed by atoms with E-state index in [0.717, 1.165) is 12.0 Å². The second kappa shape index (κ2) is 7.68. The first-order valence-electron chi connectivity index (χ1n) is 9.07. The smallest absolute Gasteiger partial charge is 0.277 e. The first kappa shape index (κ1) is 18.1. The van der Waals surface area contributed by atoms with E-state index < -0.39 is 0 Å². The molecule has 1 atom stereocenters. The van der Waals surface area contributed by atoms with Gasteiger partial charge in [0.15, 0.2) is 11.4 Å². The summed E-state index contributed by atoms with van der Waals surface area (Å²) in [4.78, 5) is 27.2. The zero-order valence-electron chi connectivity index (χ0n) is 15.5. The summed E-state index contributed by atoms with van der Waals surface area (Å²) in [7, 11) is 0. The molecule has 2 heterocycles. The van der Waals surface area contributed by atoms with Crippen molar-refractivity contribution in [1.82, 2.24) is 25.2 Å². The number of hydrogen-bond donors (Lipinski definition) is 1. The van der Waals surface area contributed by atoms with Crippen LogP contribution in [-0.2, 0) is 13.1 Å². The Labute approximate surface area is 153 Å². The zero-order chi connectivity index (χ0) is 18.7. The van der Waals surface area contributed by atoms with E-state index in [-0.39, 0.29) is 29.2 Å². The number of fused-ring (bicyclic) bond motifs is 1. The molecule has 0 bridgehead atoms. The third kappa shape index (κ3) is 3.76. The van der Waals surface area contributed by atoms with Gasteiger partial charge in [0.05, 0.1) is 6.54 Å². The Kier molecular flexibility index (Phi) is 5.35. The second-order valence-corrected chi connectivity index (χ2v) is 7.07. The summed E-state index contributed by atoms with van der Waals surface area (Å²) in [6.45, 7) is 7.68. The molecule has 2 aromatic rings. The maximum absolute atomic E-state index is 12.9. The van der Waals surface area contributed by atoms with Crippen molar-refractivity contribution in [1.29, 1.82) is 0 Å². The third-order valence-electron chi connectivity index (χ3n) is 4.52. The first-order chi connectivity index (χ1) is 12.5. The van der Waals surface area contributed by atoms with Gasteiger partial charge >= 0.3 is 0 Å². The summed E-state index contributed by atoms with van der Waals surface area (Å²) < 4.78 is 1.56. The Balaban J connectivity index is 1.81. The van der Waals surface area contributed by atoms with E-state index in [4.69, 9.17) is 0 Å². The van der Waals surface area contributed by atoms with Gasteiger partial charge < -0.3 is 10.2 Å². The Bertz CT molecular complexity index is 784. The minimum absolute atomic E-state index is 0.0197. The predicted molar refractivity (Wildman–Crippen MR) is 97.6 cm³/mol. The number of nitrogens with zero attached hydrogens (tertiary/aromatic N) is 4. The van der Waals surface area contributed by atoms with Gasteiger partial charge in [-0.25, -0.2) is 4.68 Å². The normalized spacial score (nSPS) is 16.3. The van der Waals surface area contributed by atoms with E-state index in [2.05, 4.69) is 29.5 Å². The molecule has 1 aliphatic heterocycles.